The predicted molar refractivity (Wildman–Crippen MR) is 109 cm³/mol. The summed E-state index contributed by atoms with van der Waals surface area (Å²) in [4.78, 5) is 25.6. The van der Waals surface area contributed by atoms with Crippen LogP contribution in [0.1, 0.15) is 10.4 Å². The van der Waals surface area contributed by atoms with Crippen molar-refractivity contribution >= 4 is 33.4 Å². The molecule has 7 heteroatoms. The normalized spacial score (nSPS) is 15.6. The number of aryl methyl sites for hydroxylation is 1. The topological polar surface area (TPSA) is 81.1 Å². The summed E-state index contributed by atoms with van der Waals surface area (Å²) in [7, 11) is 2.22. The molecule has 0 atom stereocenters. The number of hydrogen-bond acceptors (Lipinski definition) is 5. The second-order valence-corrected chi connectivity index (χ2v) is 7.79. The van der Waals surface area contributed by atoms with Gasteiger partial charge in [-0.15, -0.1) is 11.3 Å². The molecule has 0 radical (unpaired) electrons. The van der Waals surface area contributed by atoms with Crippen molar-refractivity contribution in [2.75, 3.05) is 39.8 Å². The average molecular weight is 391 g/mol. The number of piperazine rings is 1. The number of thiophene rings is 1. The van der Waals surface area contributed by atoms with Crippen molar-refractivity contribution in [3.05, 3.63) is 46.9 Å². The molecule has 2 aromatic rings. The quantitative estimate of drug-likeness (QED) is 0.764. The third-order valence-electron chi connectivity index (χ3n) is 4.54. The Labute approximate surface area is 163 Å². The van der Waals surface area contributed by atoms with Crippen LogP contribution in [0, 0.1) is 6.92 Å². The van der Waals surface area contributed by atoms with Crippen molar-refractivity contribution in [1.29, 1.82) is 0 Å². The molecule has 1 aliphatic heterocycles. The van der Waals surface area contributed by atoms with Gasteiger partial charge in [-0.05, 0) is 37.4 Å². The first kappa shape index (κ1) is 21.1. The molecule has 1 fully saturated rings. The fraction of sp³-hybridized carbons (Fsp3) is 0.400. The van der Waals surface area contributed by atoms with Crippen LogP contribution in [0.5, 0.6) is 0 Å². The van der Waals surface area contributed by atoms with Crippen LogP contribution < -0.4 is 0 Å². The summed E-state index contributed by atoms with van der Waals surface area (Å²) in [5.74, 6) is -2.51. The van der Waals surface area contributed by atoms with Gasteiger partial charge < -0.3 is 20.0 Å². The summed E-state index contributed by atoms with van der Waals surface area (Å²) in [6.07, 6.45) is 2.31. The van der Waals surface area contributed by atoms with Gasteiger partial charge in [-0.3, -0.25) is 0 Å². The van der Waals surface area contributed by atoms with Crippen molar-refractivity contribution in [3.63, 3.8) is 0 Å². The largest absolute Gasteiger partial charge is 0.478 e. The molecule has 2 heterocycles. The SMILES string of the molecule is Cc1sc2ccccc2c1CCN1CCN(C)CC1.O=C(O)/C=C/C(=O)O. The molecule has 146 valence electrons. The van der Waals surface area contributed by atoms with Crippen molar-refractivity contribution in [3.8, 4) is 0 Å². The Morgan fingerprint density at radius 2 is 1.67 bits per heavy atom. The number of rotatable bonds is 5. The summed E-state index contributed by atoms with van der Waals surface area (Å²) in [6, 6.07) is 8.82. The molecule has 1 aromatic carbocycles. The van der Waals surface area contributed by atoms with Gasteiger partial charge in [0.05, 0.1) is 0 Å². The second-order valence-electron chi connectivity index (χ2n) is 6.54. The maximum absolute atomic E-state index is 9.55. The first-order valence-electron chi connectivity index (χ1n) is 8.88. The lowest BCUT2D eigenvalue weighted by Crippen LogP contribution is -2.45. The molecule has 0 spiro atoms. The van der Waals surface area contributed by atoms with Gasteiger partial charge in [0, 0.05) is 54.5 Å². The zero-order valence-electron chi connectivity index (χ0n) is 15.7. The number of carbonyl (C=O) groups is 2. The van der Waals surface area contributed by atoms with E-state index in [-0.39, 0.29) is 0 Å². The zero-order valence-corrected chi connectivity index (χ0v) is 16.5. The number of hydrogen-bond donors (Lipinski definition) is 2. The van der Waals surface area contributed by atoms with E-state index >= 15 is 0 Å². The van der Waals surface area contributed by atoms with Gasteiger partial charge in [0.15, 0.2) is 0 Å². The molecular formula is C20H26N2O4S. The molecule has 3 rings (SSSR count). The molecule has 0 saturated carbocycles. The zero-order chi connectivity index (χ0) is 19.8. The summed E-state index contributed by atoms with van der Waals surface area (Å²) in [5.41, 5.74) is 1.57. The van der Waals surface area contributed by atoms with Crippen molar-refractivity contribution in [2.24, 2.45) is 0 Å². The maximum Gasteiger partial charge on any atom is 0.328 e. The van der Waals surface area contributed by atoms with Crippen LogP contribution in [-0.4, -0.2) is 71.7 Å². The second kappa shape index (κ2) is 10.2. The molecule has 0 unspecified atom stereocenters. The van der Waals surface area contributed by atoms with E-state index in [1.54, 1.807) is 5.56 Å². The van der Waals surface area contributed by atoms with Gasteiger partial charge in [-0.1, -0.05) is 18.2 Å². The van der Waals surface area contributed by atoms with E-state index in [9.17, 15) is 9.59 Å². The highest BCUT2D eigenvalue weighted by molar-refractivity contribution is 7.19. The van der Waals surface area contributed by atoms with Crippen molar-refractivity contribution in [2.45, 2.75) is 13.3 Å². The Hall–Kier alpha value is -2.22. The monoisotopic (exact) mass is 390 g/mol. The van der Waals surface area contributed by atoms with Gasteiger partial charge in [0.2, 0.25) is 0 Å². The van der Waals surface area contributed by atoms with Crippen LogP contribution in [0.2, 0.25) is 0 Å². The Balaban J connectivity index is 0.000000279. The van der Waals surface area contributed by atoms with Crippen LogP contribution in [0.25, 0.3) is 10.1 Å². The molecule has 1 aliphatic rings. The van der Waals surface area contributed by atoms with Gasteiger partial charge in [-0.2, -0.15) is 0 Å². The predicted octanol–water partition coefficient (Wildman–Crippen LogP) is 2.71. The van der Waals surface area contributed by atoms with Gasteiger partial charge in [-0.25, -0.2) is 9.59 Å². The molecule has 27 heavy (non-hydrogen) atoms. The lowest BCUT2D eigenvalue weighted by atomic mass is 10.1. The van der Waals surface area contributed by atoms with Gasteiger partial charge in [0.1, 0.15) is 0 Å². The Kier molecular flexibility index (Phi) is 7.97. The number of carboxylic acid groups (broad SMARTS) is 2. The van der Waals surface area contributed by atoms with Gasteiger partial charge >= 0.3 is 11.9 Å². The van der Waals surface area contributed by atoms with Crippen LogP contribution in [0.15, 0.2) is 36.4 Å². The highest BCUT2D eigenvalue weighted by atomic mass is 32.1. The molecular weight excluding hydrogens is 364 g/mol. The maximum atomic E-state index is 9.55. The molecule has 6 nitrogen and oxygen atoms in total. The number of carboxylic acids is 2. The minimum Gasteiger partial charge on any atom is -0.478 e. The Morgan fingerprint density at radius 3 is 2.26 bits per heavy atom. The number of nitrogens with zero attached hydrogens (tertiary/aromatic N) is 2. The van der Waals surface area contributed by atoms with E-state index in [2.05, 4.69) is 48.0 Å². The lowest BCUT2D eigenvalue weighted by molar-refractivity contribution is -0.134. The molecule has 0 aliphatic carbocycles. The minimum atomic E-state index is -1.26. The van der Waals surface area contributed by atoms with E-state index in [1.807, 2.05) is 11.3 Å². The summed E-state index contributed by atoms with van der Waals surface area (Å²) >= 11 is 1.94. The summed E-state index contributed by atoms with van der Waals surface area (Å²) < 4.78 is 1.44. The molecule has 2 N–H and O–H groups in total. The molecule has 0 bridgehead atoms. The molecule has 0 amide bonds. The third-order valence-corrected chi connectivity index (χ3v) is 5.67. The fourth-order valence-corrected chi connectivity index (χ4v) is 4.13. The van der Waals surface area contributed by atoms with E-state index in [1.165, 1.54) is 54.1 Å². The lowest BCUT2D eigenvalue weighted by Gasteiger charge is -2.32. The van der Waals surface area contributed by atoms with E-state index < -0.39 is 11.9 Å². The van der Waals surface area contributed by atoms with Crippen LogP contribution in [0.4, 0.5) is 0 Å². The summed E-state index contributed by atoms with van der Waals surface area (Å²) in [6.45, 7) is 8.33. The van der Waals surface area contributed by atoms with Crippen LogP contribution in [-0.2, 0) is 16.0 Å². The first-order valence-corrected chi connectivity index (χ1v) is 9.70. The summed E-state index contributed by atoms with van der Waals surface area (Å²) in [5, 5.41) is 17.1. The van der Waals surface area contributed by atoms with Crippen molar-refractivity contribution in [1.82, 2.24) is 9.80 Å². The molecule has 1 saturated heterocycles. The standard InChI is InChI=1S/C16H22N2S.C4H4O4/c1-13-14(15-5-3-4-6-16(15)19-13)7-8-18-11-9-17(2)10-12-18;5-3(6)1-2-4(7)8/h3-6H,7-12H2,1-2H3;1-2H,(H,5,6)(H,7,8)/b;2-1+. The number of fused-ring (bicyclic) bond motifs is 1. The number of benzene rings is 1. The van der Waals surface area contributed by atoms with E-state index in [4.69, 9.17) is 10.2 Å². The van der Waals surface area contributed by atoms with E-state index in [0.717, 1.165) is 0 Å². The Bertz CT molecular complexity index is 791. The fourth-order valence-electron chi connectivity index (χ4n) is 3.02. The van der Waals surface area contributed by atoms with Crippen LogP contribution >= 0.6 is 11.3 Å². The third kappa shape index (κ3) is 6.78. The smallest absolute Gasteiger partial charge is 0.328 e. The molecule has 1 aromatic heterocycles. The number of aliphatic carboxylic acids is 2. The van der Waals surface area contributed by atoms with Gasteiger partial charge in [0.25, 0.3) is 0 Å². The number of likely N-dealkylation sites (N-methyl/N-ethyl adjacent to an activating group) is 1. The first-order chi connectivity index (χ1) is 12.9. The highest BCUT2D eigenvalue weighted by Crippen LogP contribution is 2.30. The average Bonchev–Trinajstić information content (AvgIpc) is 2.95. The van der Waals surface area contributed by atoms with Crippen molar-refractivity contribution < 1.29 is 19.8 Å². The minimum absolute atomic E-state index is 0.558. The van der Waals surface area contributed by atoms with E-state index in [0.29, 0.717) is 12.2 Å². The highest BCUT2D eigenvalue weighted by Gasteiger charge is 2.15. The van der Waals surface area contributed by atoms with Crippen LogP contribution in [0.3, 0.4) is 0 Å². The Morgan fingerprint density at radius 1 is 1.07 bits per heavy atom.